The molecule has 130 valence electrons. The molecule has 0 fully saturated rings. The summed E-state index contributed by atoms with van der Waals surface area (Å²) in [6, 6.07) is 9.54. The fourth-order valence-electron chi connectivity index (χ4n) is 2.07. The third-order valence-corrected chi connectivity index (χ3v) is 4.85. The number of anilines is 1. The maximum absolute atomic E-state index is 11.9. The van der Waals surface area contributed by atoms with Gasteiger partial charge < -0.3 is 9.30 Å². The Balaban J connectivity index is 1.58. The molecule has 1 N–H and O–H groups in total. The zero-order valence-corrected chi connectivity index (χ0v) is 15.3. The predicted molar refractivity (Wildman–Crippen MR) is 95.8 cm³/mol. The Morgan fingerprint density at radius 3 is 2.84 bits per heavy atom. The number of carbonyl (C=O) groups is 1. The van der Waals surface area contributed by atoms with Gasteiger partial charge in [-0.2, -0.15) is 0 Å². The lowest BCUT2D eigenvalue weighted by Gasteiger charge is -2.14. The minimum Gasteiger partial charge on any atom is -0.483 e. The third kappa shape index (κ3) is 4.54. The molecule has 0 saturated heterocycles. The van der Waals surface area contributed by atoms with Gasteiger partial charge in [-0.25, -0.2) is 0 Å². The largest absolute Gasteiger partial charge is 0.483 e. The Morgan fingerprint density at radius 1 is 1.32 bits per heavy atom. The predicted octanol–water partition coefficient (Wildman–Crippen LogP) is 2.54. The molecular weight excluding hydrogens is 360 g/mol. The van der Waals surface area contributed by atoms with Crippen LogP contribution in [0, 0.1) is 0 Å². The van der Waals surface area contributed by atoms with Gasteiger partial charge in [0.2, 0.25) is 11.0 Å². The van der Waals surface area contributed by atoms with Crippen LogP contribution in [0.2, 0.25) is 0 Å². The van der Waals surface area contributed by atoms with Gasteiger partial charge >= 0.3 is 0 Å². The van der Waals surface area contributed by atoms with Crippen molar-refractivity contribution in [2.45, 2.75) is 18.2 Å². The molecule has 0 aliphatic carbocycles. The van der Waals surface area contributed by atoms with Gasteiger partial charge in [-0.15, -0.1) is 20.4 Å². The summed E-state index contributed by atoms with van der Waals surface area (Å²) in [7, 11) is 1.85. The number of para-hydroxylation sites is 1. The molecule has 10 heteroatoms. The van der Waals surface area contributed by atoms with Crippen LogP contribution in [0.25, 0.3) is 0 Å². The minimum atomic E-state index is -0.260. The molecule has 1 atom stereocenters. The molecule has 0 bridgehead atoms. The molecular formula is C15H16N6O2S2. The molecule has 0 spiro atoms. The number of nitrogens with zero attached hydrogens (tertiary/aromatic N) is 5. The first-order valence-corrected chi connectivity index (χ1v) is 9.30. The molecule has 0 aliphatic heterocycles. The number of rotatable bonds is 7. The smallest absolute Gasteiger partial charge is 0.236 e. The highest BCUT2D eigenvalue weighted by Gasteiger charge is 2.18. The lowest BCUT2D eigenvalue weighted by atomic mass is 10.3. The van der Waals surface area contributed by atoms with Crippen molar-refractivity contribution >= 4 is 34.1 Å². The Labute approximate surface area is 152 Å². The van der Waals surface area contributed by atoms with Crippen molar-refractivity contribution in [2.75, 3.05) is 11.1 Å². The molecule has 0 aliphatic rings. The van der Waals surface area contributed by atoms with E-state index in [4.69, 9.17) is 4.74 Å². The van der Waals surface area contributed by atoms with E-state index < -0.39 is 0 Å². The number of carbonyl (C=O) groups excluding carboxylic acids is 1. The highest BCUT2D eigenvalue weighted by Crippen LogP contribution is 2.23. The first kappa shape index (κ1) is 17.4. The highest BCUT2D eigenvalue weighted by molar-refractivity contribution is 7.99. The fraction of sp³-hybridized carbons (Fsp3) is 0.267. The van der Waals surface area contributed by atoms with E-state index in [0.29, 0.717) is 16.1 Å². The minimum absolute atomic E-state index is 0.167. The quantitative estimate of drug-likeness (QED) is 0.633. The monoisotopic (exact) mass is 376 g/mol. The van der Waals surface area contributed by atoms with Crippen molar-refractivity contribution in [3.63, 3.8) is 0 Å². The number of benzene rings is 1. The van der Waals surface area contributed by atoms with E-state index in [9.17, 15) is 4.79 Å². The van der Waals surface area contributed by atoms with E-state index in [1.807, 2.05) is 48.9 Å². The number of ether oxygens (including phenoxy) is 1. The van der Waals surface area contributed by atoms with E-state index in [1.165, 1.54) is 23.1 Å². The van der Waals surface area contributed by atoms with Gasteiger partial charge in [-0.05, 0) is 19.1 Å². The second-order valence-electron chi connectivity index (χ2n) is 5.05. The van der Waals surface area contributed by atoms with Crippen LogP contribution in [0.1, 0.15) is 18.9 Å². The maximum Gasteiger partial charge on any atom is 0.236 e. The van der Waals surface area contributed by atoms with Crippen molar-refractivity contribution < 1.29 is 9.53 Å². The summed E-state index contributed by atoms with van der Waals surface area (Å²) in [5.41, 5.74) is 1.56. The summed E-state index contributed by atoms with van der Waals surface area (Å²) >= 11 is 2.57. The summed E-state index contributed by atoms with van der Waals surface area (Å²) in [6.07, 6.45) is -0.260. The third-order valence-electron chi connectivity index (χ3n) is 3.23. The van der Waals surface area contributed by atoms with Gasteiger partial charge in [0.15, 0.2) is 17.1 Å². The van der Waals surface area contributed by atoms with Crippen LogP contribution in [0.5, 0.6) is 5.75 Å². The van der Waals surface area contributed by atoms with E-state index in [-0.39, 0.29) is 17.8 Å². The number of hydrogen-bond acceptors (Lipinski definition) is 8. The molecule has 25 heavy (non-hydrogen) atoms. The van der Waals surface area contributed by atoms with E-state index in [1.54, 1.807) is 5.51 Å². The first-order chi connectivity index (χ1) is 12.1. The molecule has 1 aromatic carbocycles. The zero-order chi connectivity index (χ0) is 17.6. The second kappa shape index (κ2) is 8.08. The SMILES string of the molecule is C[C@H](Oc1ccccc1)c1nnc(SCC(=O)Nc2nncs2)n1C. The van der Waals surface area contributed by atoms with Crippen molar-refractivity contribution in [1.82, 2.24) is 25.0 Å². The van der Waals surface area contributed by atoms with Crippen molar-refractivity contribution in [3.05, 3.63) is 41.7 Å². The number of hydrogen-bond donors (Lipinski definition) is 1. The van der Waals surface area contributed by atoms with Crippen LogP contribution in [0.15, 0.2) is 41.0 Å². The average Bonchev–Trinajstić information content (AvgIpc) is 3.23. The van der Waals surface area contributed by atoms with Crippen LogP contribution >= 0.6 is 23.1 Å². The maximum atomic E-state index is 11.9. The number of aromatic nitrogens is 5. The zero-order valence-electron chi connectivity index (χ0n) is 13.6. The Kier molecular flexibility index (Phi) is 5.61. The summed E-state index contributed by atoms with van der Waals surface area (Å²) < 4.78 is 7.69. The molecule has 0 saturated carbocycles. The van der Waals surface area contributed by atoms with E-state index >= 15 is 0 Å². The molecule has 2 heterocycles. The Bertz CT molecular complexity index is 822. The van der Waals surface area contributed by atoms with Crippen molar-refractivity contribution in [3.8, 4) is 5.75 Å². The van der Waals surface area contributed by atoms with Gasteiger partial charge in [-0.3, -0.25) is 10.1 Å². The molecule has 3 rings (SSSR count). The molecule has 2 aromatic heterocycles. The Morgan fingerprint density at radius 2 is 2.12 bits per heavy atom. The molecule has 0 radical (unpaired) electrons. The number of thioether (sulfide) groups is 1. The van der Waals surface area contributed by atoms with Crippen molar-refractivity contribution in [2.24, 2.45) is 7.05 Å². The summed E-state index contributed by atoms with van der Waals surface area (Å²) in [5, 5.41) is 19.6. The van der Waals surface area contributed by atoms with E-state index in [2.05, 4.69) is 25.7 Å². The standard InChI is InChI=1S/C15H16N6O2S2/c1-10(23-11-6-4-3-5-7-11)13-18-20-15(21(13)2)24-8-12(22)17-14-19-16-9-25-14/h3-7,9-10H,8H2,1-2H3,(H,17,19,22)/t10-/m0/s1. The van der Waals surface area contributed by atoms with Crippen LogP contribution < -0.4 is 10.1 Å². The van der Waals surface area contributed by atoms with Crippen LogP contribution in [0.3, 0.4) is 0 Å². The summed E-state index contributed by atoms with van der Waals surface area (Å²) in [4.78, 5) is 11.9. The number of amides is 1. The van der Waals surface area contributed by atoms with Gasteiger partial charge in [0, 0.05) is 7.05 Å². The van der Waals surface area contributed by atoms with E-state index in [0.717, 1.165) is 5.75 Å². The van der Waals surface area contributed by atoms with Crippen molar-refractivity contribution in [1.29, 1.82) is 0 Å². The molecule has 8 nitrogen and oxygen atoms in total. The molecule has 0 unspecified atom stereocenters. The topological polar surface area (TPSA) is 94.8 Å². The fourth-order valence-corrected chi connectivity index (χ4v) is 3.25. The van der Waals surface area contributed by atoms with Gasteiger partial charge in [-0.1, -0.05) is 41.3 Å². The van der Waals surface area contributed by atoms with Gasteiger partial charge in [0.25, 0.3) is 0 Å². The van der Waals surface area contributed by atoms with Crippen LogP contribution in [0.4, 0.5) is 5.13 Å². The van der Waals surface area contributed by atoms with Gasteiger partial charge in [0.1, 0.15) is 11.3 Å². The first-order valence-electron chi connectivity index (χ1n) is 7.43. The second-order valence-corrected chi connectivity index (χ2v) is 6.83. The molecule has 1 amide bonds. The lowest BCUT2D eigenvalue weighted by molar-refractivity contribution is -0.113. The normalized spacial score (nSPS) is 11.9. The summed E-state index contributed by atoms with van der Waals surface area (Å²) in [6.45, 7) is 1.91. The average molecular weight is 376 g/mol. The summed E-state index contributed by atoms with van der Waals surface area (Å²) in [5.74, 6) is 1.50. The van der Waals surface area contributed by atoms with Crippen LogP contribution in [-0.2, 0) is 11.8 Å². The highest BCUT2D eigenvalue weighted by atomic mass is 32.2. The Hall–Kier alpha value is -2.46. The number of nitrogens with one attached hydrogen (secondary N) is 1. The lowest BCUT2D eigenvalue weighted by Crippen LogP contribution is -2.14. The molecule has 3 aromatic rings. The van der Waals surface area contributed by atoms with Crippen LogP contribution in [-0.4, -0.2) is 36.6 Å². The van der Waals surface area contributed by atoms with Gasteiger partial charge in [0.05, 0.1) is 5.75 Å².